The highest BCUT2D eigenvalue weighted by atomic mass is 19.4. The van der Waals surface area contributed by atoms with Crippen LogP contribution in [0.1, 0.15) is 65.2 Å². The summed E-state index contributed by atoms with van der Waals surface area (Å²) >= 11 is 0. The number of amides is 1. The third-order valence-corrected chi connectivity index (χ3v) is 9.12. The molecular weight excluding hydrogens is 620 g/mol. The van der Waals surface area contributed by atoms with Crippen molar-refractivity contribution >= 4 is 16.9 Å². The first kappa shape index (κ1) is 32.9. The summed E-state index contributed by atoms with van der Waals surface area (Å²) in [5.74, 6) is -1.03. The molecule has 0 saturated carbocycles. The van der Waals surface area contributed by atoms with Gasteiger partial charge in [0.2, 0.25) is 0 Å². The molecule has 2 aromatic carbocycles. The number of likely N-dealkylation sites (tertiary alicyclic amines) is 2. The summed E-state index contributed by atoms with van der Waals surface area (Å²) in [5, 5.41) is 2.19. The van der Waals surface area contributed by atoms with Crippen LogP contribution in [0.3, 0.4) is 0 Å². The Labute approximate surface area is 268 Å². The van der Waals surface area contributed by atoms with Gasteiger partial charge in [-0.3, -0.25) is 14.7 Å². The molecule has 6 rings (SSSR count). The van der Waals surface area contributed by atoms with Crippen LogP contribution in [-0.2, 0) is 12.7 Å². The van der Waals surface area contributed by atoms with E-state index in [2.05, 4.69) is 25.1 Å². The van der Waals surface area contributed by atoms with Gasteiger partial charge < -0.3 is 10.2 Å². The number of fused-ring (bicyclic) bond motifs is 1. The number of nitrogens with one attached hydrogen (secondary N) is 1. The van der Waals surface area contributed by atoms with Crippen LogP contribution >= 0.6 is 0 Å². The molecule has 1 N–H and O–H groups in total. The van der Waals surface area contributed by atoms with Crippen LogP contribution < -0.4 is 5.32 Å². The summed E-state index contributed by atoms with van der Waals surface area (Å²) in [6.45, 7) is 3.51. The predicted molar refractivity (Wildman–Crippen MR) is 166 cm³/mol. The minimum atomic E-state index is -4.83. The highest BCUT2D eigenvalue weighted by molar-refractivity contribution is 6.07. The van der Waals surface area contributed by atoms with E-state index in [0.29, 0.717) is 19.1 Å². The van der Waals surface area contributed by atoms with Crippen LogP contribution in [0.25, 0.3) is 22.3 Å². The average molecular weight is 656 g/mol. The van der Waals surface area contributed by atoms with E-state index in [1.807, 2.05) is 0 Å². The molecule has 2 saturated heterocycles. The number of alkyl halides is 6. The van der Waals surface area contributed by atoms with Gasteiger partial charge in [0.25, 0.3) is 5.91 Å². The third-order valence-electron chi connectivity index (χ3n) is 9.12. The highest BCUT2D eigenvalue weighted by Crippen LogP contribution is 2.37. The van der Waals surface area contributed by atoms with Gasteiger partial charge in [-0.1, -0.05) is 48.9 Å². The van der Waals surface area contributed by atoms with E-state index < -0.39 is 29.9 Å². The molecule has 4 aromatic rings. The Bertz CT molecular complexity index is 1700. The number of pyridine rings is 2. The van der Waals surface area contributed by atoms with Gasteiger partial charge in [-0.05, 0) is 81.7 Å². The first-order valence-corrected chi connectivity index (χ1v) is 15.8. The van der Waals surface area contributed by atoms with Crippen LogP contribution in [0.5, 0.6) is 0 Å². The van der Waals surface area contributed by atoms with Crippen LogP contribution in [0.15, 0.2) is 72.9 Å². The smallest absolute Gasteiger partial charge is 0.337 e. The minimum absolute atomic E-state index is 0.0768. The molecule has 0 aliphatic carbocycles. The molecule has 47 heavy (non-hydrogen) atoms. The van der Waals surface area contributed by atoms with Crippen molar-refractivity contribution in [3.05, 3.63) is 95.2 Å². The van der Waals surface area contributed by atoms with Gasteiger partial charge in [-0.2, -0.15) is 26.3 Å². The number of piperidine rings is 2. The number of nitrogens with zero attached hydrogens (tertiary/aromatic N) is 4. The van der Waals surface area contributed by atoms with Gasteiger partial charge in [0, 0.05) is 29.9 Å². The third kappa shape index (κ3) is 7.43. The Hall–Kier alpha value is -4.03. The van der Waals surface area contributed by atoms with Crippen molar-refractivity contribution in [1.82, 2.24) is 25.1 Å². The van der Waals surface area contributed by atoms with E-state index in [0.717, 1.165) is 50.9 Å². The fourth-order valence-electron chi connectivity index (χ4n) is 6.76. The van der Waals surface area contributed by atoms with E-state index in [1.165, 1.54) is 49.0 Å². The lowest BCUT2D eigenvalue weighted by atomic mass is 9.94. The minimum Gasteiger partial charge on any atom is -0.337 e. The molecule has 1 amide bonds. The molecule has 2 aliphatic rings. The molecule has 248 valence electrons. The van der Waals surface area contributed by atoms with E-state index in [9.17, 15) is 31.1 Å². The first-order chi connectivity index (χ1) is 22.5. The molecule has 2 fully saturated rings. The van der Waals surface area contributed by atoms with E-state index in [-0.39, 0.29) is 45.5 Å². The maximum Gasteiger partial charge on any atom is 0.416 e. The largest absolute Gasteiger partial charge is 0.416 e. The summed E-state index contributed by atoms with van der Waals surface area (Å²) in [5.41, 5.74) is -0.488. The number of rotatable bonds is 7. The Morgan fingerprint density at radius 1 is 0.872 bits per heavy atom. The zero-order valence-corrected chi connectivity index (χ0v) is 25.6. The van der Waals surface area contributed by atoms with Crippen molar-refractivity contribution in [1.29, 1.82) is 0 Å². The Balaban J connectivity index is 1.44. The van der Waals surface area contributed by atoms with E-state index in [4.69, 9.17) is 0 Å². The van der Waals surface area contributed by atoms with Crippen molar-refractivity contribution < 1.29 is 31.1 Å². The molecule has 1 unspecified atom stereocenters. The van der Waals surface area contributed by atoms with Gasteiger partial charge in [-0.15, -0.1) is 0 Å². The molecular formula is C35H35F6N5O. The number of carbonyl (C=O) groups is 1. The number of aromatic nitrogens is 2. The monoisotopic (exact) mass is 655 g/mol. The molecule has 0 bridgehead atoms. The Kier molecular flexibility index (Phi) is 9.52. The summed E-state index contributed by atoms with van der Waals surface area (Å²) in [6.07, 6.45) is -2.77. The zero-order valence-electron chi connectivity index (χ0n) is 25.6. The average Bonchev–Trinajstić information content (AvgIpc) is 3.07. The topological polar surface area (TPSA) is 61.4 Å². The van der Waals surface area contributed by atoms with Crippen molar-refractivity contribution in [2.75, 3.05) is 26.2 Å². The summed E-state index contributed by atoms with van der Waals surface area (Å²) < 4.78 is 84.6. The van der Waals surface area contributed by atoms with Crippen LogP contribution in [0.2, 0.25) is 0 Å². The molecule has 12 heteroatoms. The van der Waals surface area contributed by atoms with Crippen molar-refractivity contribution in [3.63, 3.8) is 0 Å². The van der Waals surface area contributed by atoms with E-state index in [1.54, 1.807) is 18.2 Å². The van der Waals surface area contributed by atoms with Crippen molar-refractivity contribution in [2.45, 2.75) is 63.1 Å². The molecule has 4 heterocycles. The van der Waals surface area contributed by atoms with Crippen molar-refractivity contribution in [2.24, 2.45) is 0 Å². The standard InChI is InChI=1S/C35H35F6N5O/c36-34(37,38)25-12-7-11-24(21-25)30-27(22-45-19-14-26(15-20-45)46-17-5-2-6-18-46)29(31-28(43-30)13-8-16-42-31)33(47)44-32(35(39,40)41)23-9-3-1-4-10-23/h1,3-4,7-13,16,21,26,32H,2,5-6,14-15,17-20,22H2,(H,44,47). The number of hydrogen-bond donors (Lipinski definition) is 1. The Morgan fingerprint density at radius 3 is 2.28 bits per heavy atom. The lowest BCUT2D eigenvalue weighted by Crippen LogP contribution is -2.46. The van der Waals surface area contributed by atoms with Gasteiger partial charge in [0.05, 0.1) is 22.3 Å². The van der Waals surface area contributed by atoms with Gasteiger partial charge in [0.15, 0.2) is 6.04 Å². The molecule has 0 radical (unpaired) electrons. The lowest BCUT2D eigenvalue weighted by molar-refractivity contribution is -0.155. The van der Waals surface area contributed by atoms with Gasteiger partial charge >= 0.3 is 12.4 Å². The molecule has 2 aliphatic heterocycles. The second-order valence-corrected chi connectivity index (χ2v) is 12.2. The normalized spacial score (nSPS) is 17.9. The summed E-state index contributed by atoms with van der Waals surface area (Å²) in [7, 11) is 0. The second kappa shape index (κ2) is 13.6. The molecule has 6 nitrogen and oxygen atoms in total. The lowest BCUT2D eigenvalue weighted by Gasteiger charge is -2.40. The van der Waals surface area contributed by atoms with Crippen LogP contribution in [0, 0.1) is 0 Å². The maximum absolute atomic E-state index is 14.4. The van der Waals surface area contributed by atoms with Crippen molar-refractivity contribution in [3.8, 4) is 11.3 Å². The maximum atomic E-state index is 14.4. The fourth-order valence-corrected chi connectivity index (χ4v) is 6.76. The van der Waals surface area contributed by atoms with Crippen LogP contribution in [0.4, 0.5) is 26.3 Å². The SMILES string of the molecule is O=C(NC(c1ccccc1)C(F)(F)F)c1c(CN2CCC(N3CCCCC3)CC2)c(-c2cccc(C(F)(F)F)c2)nc2cccnc12. The summed E-state index contributed by atoms with van der Waals surface area (Å²) in [6, 6.07) is 12.9. The number of hydrogen-bond acceptors (Lipinski definition) is 5. The Morgan fingerprint density at radius 2 is 1.60 bits per heavy atom. The fraction of sp³-hybridized carbons (Fsp3) is 0.400. The molecule has 2 aromatic heterocycles. The van der Waals surface area contributed by atoms with E-state index >= 15 is 0 Å². The predicted octanol–water partition coefficient (Wildman–Crippen LogP) is 7.80. The van der Waals surface area contributed by atoms with Gasteiger partial charge in [0.1, 0.15) is 5.52 Å². The number of halogens is 6. The number of benzene rings is 2. The first-order valence-electron chi connectivity index (χ1n) is 15.8. The molecule has 1 atom stereocenters. The quantitative estimate of drug-likeness (QED) is 0.206. The summed E-state index contributed by atoms with van der Waals surface area (Å²) in [4.78, 5) is 27.8. The second-order valence-electron chi connectivity index (χ2n) is 12.2. The molecule has 0 spiro atoms. The zero-order chi connectivity index (χ0) is 33.2. The van der Waals surface area contributed by atoms with Gasteiger partial charge in [-0.25, -0.2) is 4.98 Å². The van der Waals surface area contributed by atoms with Crippen LogP contribution in [-0.4, -0.2) is 64.1 Å². The number of carbonyl (C=O) groups excluding carboxylic acids is 1. The highest BCUT2D eigenvalue weighted by Gasteiger charge is 2.43.